The van der Waals surface area contributed by atoms with Crippen molar-refractivity contribution >= 4 is 39.5 Å². The second-order valence-electron chi connectivity index (χ2n) is 29.3. The molecule has 0 bridgehead atoms. The van der Waals surface area contributed by atoms with Crippen molar-refractivity contribution in [2.75, 3.05) is 39.6 Å². The highest BCUT2D eigenvalue weighted by molar-refractivity contribution is 7.47. The molecule has 0 aliphatic heterocycles. The Labute approximate surface area is 594 Å². The predicted molar refractivity (Wildman–Crippen MR) is 395 cm³/mol. The van der Waals surface area contributed by atoms with Gasteiger partial charge in [-0.05, 0) is 43.4 Å². The third kappa shape index (κ3) is 70.9. The molecule has 17 nitrogen and oxygen atoms in total. The lowest BCUT2D eigenvalue weighted by Gasteiger charge is -2.21. The van der Waals surface area contributed by atoms with E-state index in [0.29, 0.717) is 25.7 Å². The van der Waals surface area contributed by atoms with Crippen LogP contribution in [0.1, 0.15) is 402 Å². The molecule has 0 aromatic heterocycles. The third-order valence-corrected chi connectivity index (χ3v) is 20.4. The summed E-state index contributed by atoms with van der Waals surface area (Å²) in [4.78, 5) is 72.9. The SMILES string of the molecule is CCCCCCCCCCCCCC(=O)OC[C@H](COP(=O)(O)OC[C@H](O)COP(=O)(O)OC[C@@H](COC(=O)CCCCCCCCCCCCCCCCC(C)C)OC(=O)CCCCCCCCCCCCCCCCC(C)CC)OC(=O)CCCCCCCCCCC(C)C. The van der Waals surface area contributed by atoms with Gasteiger partial charge in [0.2, 0.25) is 0 Å². The van der Waals surface area contributed by atoms with Gasteiger partial charge < -0.3 is 33.8 Å². The average molecular weight is 1420 g/mol. The quantitative estimate of drug-likeness (QED) is 0.0222. The molecule has 0 aromatic rings. The van der Waals surface area contributed by atoms with Crippen molar-refractivity contribution in [1.82, 2.24) is 0 Å². The highest BCUT2D eigenvalue weighted by Gasteiger charge is 2.30. The van der Waals surface area contributed by atoms with Gasteiger partial charge in [0.05, 0.1) is 26.4 Å². The van der Waals surface area contributed by atoms with Gasteiger partial charge in [-0.1, -0.05) is 350 Å². The first-order valence-corrected chi connectivity index (χ1v) is 43.4. The van der Waals surface area contributed by atoms with Gasteiger partial charge in [0.1, 0.15) is 19.3 Å². The smallest absolute Gasteiger partial charge is 0.462 e. The number of carbonyl (C=O) groups is 4. The summed E-state index contributed by atoms with van der Waals surface area (Å²) in [5, 5.41) is 10.6. The molecule has 0 radical (unpaired) electrons. The van der Waals surface area contributed by atoms with Gasteiger partial charge in [-0.3, -0.25) is 37.3 Å². The van der Waals surface area contributed by atoms with E-state index in [1.807, 2.05) is 0 Å². The molecule has 0 aliphatic rings. The minimum absolute atomic E-state index is 0.105. The molecule has 0 aliphatic carbocycles. The first kappa shape index (κ1) is 95.1. The van der Waals surface area contributed by atoms with Crippen LogP contribution in [0.15, 0.2) is 0 Å². The van der Waals surface area contributed by atoms with Crippen molar-refractivity contribution in [3.63, 3.8) is 0 Å². The summed E-state index contributed by atoms with van der Waals surface area (Å²) in [6.45, 7) is 11.9. The normalized spacial score (nSPS) is 14.3. The van der Waals surface area contributed by atoms with Crippen LogP contribution in [-0.4, -0.2) is 96.7 Å². The van der Waals surface area contributed by atoms with Crippen LogP contribution in [0.25, 0.3) is 0 Å². The number of unbranched alkanes of at least 4 members (excludes halogenated alkanes) is 43. The summed E-state index contributed by atoms with van der Waals surface area (Å²) in [5.74, 6) is 0.248. The zero-order valence-electron chi connectivity index (χ0n) is 63.5. The number of esters is 4. The molecular formula is C78H152O17P2. The van der Waals surface area contributed by atoms with Crippen molar-refractivity contribution in [3.8, 4) is 0 Å². The number of hydrogen-bond acceptors (Lipinski definition) is 15. The van der Waals surface area contributed by atoms with E-state index in [1.165, 1.54) is 212 Å². The van der Waals surface area contributed by atoms with Crippen molar-refractivity contribution in [1.29, 1.82) is 0 Å². The van der Waals surface area contributed by atoms with E-state index in [0.717, 1.165) is 108 Å². The fourth-order valence-corrected chi connectivity index (χ4v) is 13.5. The van der Waals surface area contributed by atoms with Gasteiger partial charge in [-0.15, -0.1) is 0 Å². The molecule has 0 fully saturated rings. The van der Waals surface area contributed by atoms with Crippen LogP contribution in [0, 0.1) is 17.8 Å². The number of aliphatic hydroxyl groups excluding tert-OH is 1. The van der Waals surface area contributed by atoms with Gasteiger partial charge in [0, 0.05) is 25.7 Å². The summed E-state index contributed by atoms with van der Waals surface area (Å²) in [7, 11) is -9.91. The summed E-state index contributed by atoms with van der Waals surface area (Å²) in [5.41, 5.74) is 0. The van der Waals surface area contributed by atoms with Crippen molar-refractivity contribution in [2.24, 2.45) is 17.8 Å². The summed E-state index contributed by atoms with van der Waals surface area (Å²) >= 11 is 0. The van der Waals surface area contributed by atoms with E-state index in [9.17, 15) is 43.2 Å². The van der Waals surface area contributed by atoms with Crippen LogP contribution in [-0.2, 0) is 65.4 Å². The molecule has 0 spiro atoms. The van der Waals surface area contributed by atoms with Crippen molar-refractivity contribution < 1.29 is 80.2 Å². The molecule has 0 aromatic carbocycles. The minimum Gasteiger partial charge on any atom is -0.462 e. The zero-order valence-corrected chi connectivity index (χ0v) is 65.3. The maximum absolute atomic E-state index is 13.1. The Morgan fingerprint density at radius 3 is 0.784 bits per heavy atom. The summed E-state index contributed by atoms with van der Waals surface area (Å²) < 4.78 is 68.6. The second-order valence-corrected chi connectivity index (χ2v) is 32.2. The molecule has 19 heteroatoms. The number of rotatable bonds is 76. The number of phosphoric acid groups is 2. The van der Waals surface area contributed by atoms with Gasteiger partial charge in [-0.25, -0.2) is 9.13 Å². The predicted octanol–water partition coefficient (Wildman–Crippen LogP) is 23.0. The Hall–Kier alpha value is -1.94. The van der Waals surface area contributed by atoms with Crippen LogP contribution >= 0.6 is 15.6 Å². The molecule has 0 amide bonds. The van der Waals surface area contributed by atoms with Crippen molar-refractivity contribution in [2.45, 2.75) is 420 Å². The van der Waals surface area contributed by atoms with E-state index < -0.39 is 97.5 Å². The van der Waals surface area contributed by atoms with Crippen LogP contribution in [0.2, 0.25) is 0 Å². The Balaban J connectivity index is 5.24. The lowest BCUT2D eigenvalue weighted by Crippen LogP contribution is -2.30. The molecule has 97 heavy (non-hydrogen) atoms. The van der Waals surface area contributed by atoms with Gasteiger partial charge >= 0.3 is 39.5 Å². The number of hydrogen-bond donors (Lipinski definition) is 3. The summed E-state index contributed by atoms with van der Waals surface area (Å²) in [6.07, 6.45) is 55.4. The zero-order chi connectivity index (χ0) is 71.6. The Morgan fingerprint density at radius 1 is 0.299 bits per heavy atom. The molecule has 0 rings (SSSR count). The Bertz CT molecular complexity index is 1890. The topological polar surface area (TPSA) is 237 Å². The molecule has 576 valence electrons. The van der Waals surface area contributed by atoms with Crippen LogP contribution in [0.4, 0.5) is 0 Å². The van der Waals surface area contributed by atoms with Crippen LogP contribution < -0.4 is 0 Å². The summed E-state index contributed by atoms with van der Waals surface area (Å²) in [6, 6.07) is 0. The second kappa shape index (κ2) is 68.5. The molecule has 0 saturated carbocycles. The molecule has 0 saturated heterocycles. The van der Waals surface area contributed by atoms with Crippen LogP contribution in [0.5, 0.6) is 0 Å². The van der Waals surface area contributed by atoms with E-state index in [-0.39, 0.29) is 25.7 Å². The number of phosphoric ester groups is 2. The highest BCUT2D eigenvalue weighted by Crippen LogP contribution is 2.45. The molecule has 0 heterocycles. The van der Waals surface area contributed by atoms with Crippen LogP contribution in [0.3, 0.4) is 0 Å². The number of ether oxygens (including phenoxy) is 4. The third-order valence-electron chi connectivity index (χ3n) is 18.5. The largest absolute Gasteiger partial charge is 0.472 e. The minimum atomic E-state index is -4.96. The maximum Gasteiger partial charge on any atom is 0.472 e. The lowest BCUT2D eigenvalue weighted by molar-refractivity contribution is -0.161. The van der Waals surface area contributed by atoms with E-state index in [4.69, 9.17) is 37.0 Å². The molecule has 3 unspecified atom stereocenters. The number of aliphatic hydroxyl groups is 1. The Morgan fingerprint density at radius 2 is 0.526 bits per heavy atom. The van der Waals surface area contributed by atoms with Gasteiger partial charge in [0.15, 0.2) is 12.2 Å². The number of carbonyl (C=O) groups excluding carboxylic acids is 4. The fourth-order valence-electron chi connectivity index (χ4n) is 11.9. The first-order chi connectivity index (χ1) is 46.8. The maximum atomic E-state index is 13.1. The Kier molecular flexibility index (Phi) is 67.1. The molecule has 3 N–H and O–H groups in total. The lowest BCUT2D eigenvalue weighted by atomic mass is 9.99. The van der Waals surface area contributed by atoms with Gasteiger partial charge in [0.25, 0.3) is 0 Å². The van der Waals surface area contributed by atoms with E-state index in [2.05, 4.69) is 48.5 Å². The van der Waals surface area contributed by atoms with Gasteiger partial charge in [-0.2, -0.15) is 0 Å². The standard InChI is InChI=1S/C78H152O17P2/c1-8-10-11-12-13-14-23-30-38-45-52-59-75(80)88-66-74(95-78(83)62-55-48-41-34-33-36-43-50-57-70(5)6)68-93-97(86,87)91-64-72(79)63-90-96(84,85)92-67-73(65-89-76(81)60-53-46-39-31-26-21-17-15-19-24-28-35-42-49-56-69(3)4)94-77(82)61-54-47-40-32-27-22-18-16-20-25-29-37-44-51-58-71(7)9-2/h69-74,79H,8-68H2,1-7H3,(H,84,85)(H,86,87)/t71?,72-,73-,74-/m1/s1. The average Bonchev–Trinajstić information content (AvgIpc) is 1.18. The van der Waals surface area contributed by atoms with E-state index >= 15 is 0 Å². The van der Waals surface area contributed by atoms with E-state index in [1.54, 1.807) is 0 Å². The first-order valence-electron chi connectivity index (χ1n) is 40.4. The molecule has 6 atom stereocenters. The molecular weight excluding hydrogens is 1270 g/mol. The van der Waals surface area contributed by atoms with Crippen molar-refractivity contribution in [3.05, 3.63) is 0 Å². The monoisotopic (exact) mass is 1420 g/mol. The highest BCUT2D eigenvalue weighted by atomic mass is 31.2. The fraction of sp³-hybridized carbons (Fsp3) is 0.949.